The van der Waals surface area contributed by atoms with Crippen LogP contribution in [0.15, 0.2) is 28.7 Å². The lowest BCUT2D eigenvalue weighted by molar-refractivity contribution is 0.103. The number of thioether (sulfide) groups is 1. The van der Waals surface area contributed by atoms with E-state index in [0.717, 1.165) is 10.2 Å². The first-order chi connectivity index (χ1) is 9.24. The molecule has 1 unspecified atom stereocenters. The molecule has 5 heteroatoms. The smallest absolute Gasteiger partial charge is 0.120 e. The van der Waals surface area contributed by atoms with Crippen LogP contribution >= 0.6 is 27.7 Å². The molecule has 0 aromatic heterocycles. The van der Waals surface area contributed by atoms with Crippen LogP contribution in [0.5, 0.6) is 5.75 Å². The summed E-state index contributed by atoms with van der Waals surface area (Å²) in [5, 5.41) is 13.3. The predicted molar refractivity (Wildman–Crippen MR) is 84.0 cm³/mol. The first-order valence-electron chi connectivity index (χ1n) is 6.61. The summed E-state index contributed by atoms with van der Waals surface area (Å²) in [5.74, 6) is 3.23. The first-order valence-corrected chi connectivity index (χ1v) is 8.56. The second kappa shape index (κ2) is 8.15. The SMILES string of the molecule is OC(CNC1CCSCC1)COc1cccc(Br)c1. The van der Waals surface area contributed by atoms with Crippen LogP contribution in [-0.4, -0.2) is 41.9 Å². The molecule has 0 bridgehead atoms. The van der Waals surface area contributed by atoms with Gasteiger partial charge in [0.15, 0.2) is 0 Å². The van der Waals surface area contributed by atoms with E-state index < -0.39 is 6.10 Å². The molecule has 1 heterocycles. The van der Waals surface area contributed by atoms with Crippen LogP contribution < -0.4 is 10.1 Å². The largest absolute Gasteiger partial charge is 0.491 e. The van der Waals surface area contributed by atoms with E-state index in [4.69, 9.17) is 4.74 Å². The van der Waals surface area contributed by atoms with E-state index >= 15 is 0 Å². The fraction of sp³-hybridized carbons (Fsp3) is 0.571. The van der Waals surface area contributed by atoms with E-state index in [0.29, 0.717) is 19.2 Å². The molecule has 1 aliphatic rings. The summed E-state index contributed by atoms with van der Waals surface area (Å²) < 4.78 is 6.55. The minimum absolute atomic E-state index is 0.324. The van der Waals surface area contributed by atoms with Crippen molar-refractivity contribution in [1.29, 1.82) is 0 Å². The third-order valence-electron chi connectivity index (χ3n) is 3.10. The highest BCUT2D eigenvalue weighted by Gasteiger charge is 2.14. The number of benzene rings is 1. The third-order valence-corrected chi connectivity index (χ3v) is 4.64. The van der Waals surface area contributed by atoms with Gasteiger partial charge in [-0.3, -0.25) is 0 Å². The van der Waals surface area contributed by atoms with Gasteiger partial charge in [0, 0.05) is 17.1 Å². The molecule has 0 radical (unpaired) electrons. The van der Waals surface area contributed by atoms with E-state index in [1.54, 1.807) is 0 Å². The van der Waals surface area contributed by atoms with E-state index in [2.05, 4.69) is 21.2 Å². The van der Waals surface area contributed by atoms with Crippen LogP contribution in [0.4, 0.5) is 0 Å². The Morgan fingerprint density at radius 3 is 2.95 bits per heavy atom. The fourth-order valence-corrected chi connectivity index (χ4v) is 3.50. The van der Waals surface area contributed by atoms with Gasteiger partial charge in [0.1, 0.15) is 18.5 Å². The van der Waals surface area contributed by atoms with Crippen LogP contribution in [0.2, 0.25) is 0 Å². The maximum absolute atomic E-state index is 9.91. The van der Waals surface area contributed by atoms with Crippen LogP contribution in [-0.2, 0) is 0 Å². The van der Waals surface area contributed by atoms with Gasteiger partial charge in [-0.15, -0.1) is 0 Å². The second-order valence-electron chi connectivity index (χ2n) is 4.72. The molecule has 1 fully saturated rings. The van der Waals surface area contributed by atoms with E-state index in [9.17, 15) is 5.11 Å². The Kier molecular flexibility index (Phi) is 6.50. The highest BCUT2D eigenvalue weighted by atomic mass is 79.9. The minimum Gasteiger partial charge on any atom is -0.491 e. The lowest BCUT2D eigenvalue weighted by atomic mass is 10.1. The van der Waals surface area contributed by atoms with Crippen molar-refractivity contribution in [3.8, 4) is 5.75 Å². The summed E-state index contributed by atoms with van der Waals surface area (Å²) in [6.45, 7) is 0.925. The van der Waals surface area contributed by atoms with Crippen molar-refractivity contribution >= 4 is 27.7 Å². The molecule has 1 aliphatic heterocycles. The lowest BCUT2D eigenvalue weighted by Gasteiger charge is -2.24. The quantitative estimate of drug-likeness (QED) is 0.831. The summed E-state index contributed by atoms with van der Waals surface area (Å²) in [4.78, 5) is 0. The molecule has 1 saturated heterocycles. The van der Waals surface area contributed by atoms with Gasteiger partial charge in [-0.1, -0.05) is 22.0 Å². The summed E-state index contributed by atoms with van der Waals surface area (Å²) in [5.41, 5.74) is 0. The van der Waals surface area contributed by atoms with Crippen molar-refractivity contribution in [3.05, 3.63) is 28.7 Å². The molecule has 0 aliphatic carbocycles. The van der Waals surface area contributed by atoms with E-state index in [-0.39, 0.29) is 0 Å². The summed E-state index contributed by atoms with van der Waals surface area (Å²) >= 11 is 5.41. The molecule has 1 atom stereocenters. The standard InChI is InChI=1S/C14H20BrNO2S/c15-11-2-1-3-14(8-11)18-10-13(17)9-16-12-4-6-19-7-5-12/h1-3,8,12-13,16-17H,4-7,9-10H2. The van der Waals surface area contributed by atoms with Gasteiger partial charge >= 0.3 is 0 Å². The zero-order chi connectivity index (χ0) is 13.5. The number of nitrogens with one attached hydrogen (secondary N) is 1. The average molecular weight is 346 g/mol. The Bertz CT molecular complexity index is 385. The third kappa shape index (κ3) is 5.73. The van der Waals surface area contributed by atoms with Gasteiger partial charge in [0.2, 0.25) is 0 Å². The summed E-state index contributed by atoms with van der Waals surface area (Å²) in [7, 11) is 0. The molecule has 1 aromatic rings. The maximum Gasteiger partial charge on any atom is 0.120 e. The Hall–Kier alpha value is -0.230. The van der Waals surface area contributed by atoms with Crippen LogP contribution in [0.1, 0.15) is 12.8 Å². The zero-order valence-corrected chi connectivity index (χ0v) is 13.3. The van der Waals surface area contributed by atoms with Gasteiger partial charge in [-0.2, -0.15) is 11.8 Å². The molecular weight excluding hydrogens is 326 g/mol. The van der Waals surface area contributed by atoms with Crippen molar-refractivity contribution in [3.63, 3.8) is 0 Å². The highest BCUT2D eigenvalue weighted by Crippen LogP contribution is 2.18. The molecular formula is C14H20BrNO2S. The Morgan fingerprint density at radius 2 is 2.21 bits per heavy atom. The molecule has 106 valence electrons. The normalized spacial score (nSPS) is 18.2. The molecule has 0 saturated carbocycles. The van der Waals surface area contributed by atoms with Crippen molar-refractivity contribution in [2.45, 2.75) is 25.0 Å². The number of rotatable bonds is 6. The van der Waals surface area contributed by atoms with Gasteiger partial charge in [0.25, 0.3) is 0 Å². The number of hydrogen-bond donors (Lipinski definition) is 2. The number of ether oxygens (including phenoxy) is 1. The molecule has 2 rings (SSSR count). The Balaban J connectivity index is 1.65. The Labute approximate surface area is 127 Å². The Morgan fingerprint density at radius 1 is 1.42 bits per heavy atom. The minimum atomic E-state index is -0.464. The lowest BCUT2D eigenvalue weighted by Crippen LogP contribution is -2.39. The first kappa shape index (κ1) is 15.2. The molecule has 19 heavy (non-hydrogen) atoms. The highest BCUT2D eigenvalue weighted by molar-refractivity contribution is 9.10. The summed E-state index contributed by atoms with van der Waals surface area (Å²) in [6.07, 6.45) is 1.93. The second-order valence-corrected chi connectivity index (χ2v) is 6.86. The molecule has 2 N–H and O–H groups in total. The molecule has 1 aromatic carbocycles. The fourth-order valence-electron chi connectivity index (χ4n) is 2.01. The summed E-state index contributed by atoms with van der Waals surface area (Å²) in [6, 6.07) is 8.22. The van der Waals surface area contributed by atoms with Gasteiger partial charge in [-0.25, -0.2) is 0 Å². The maximum atomic E-state index is 9.91. The van der Waals surface area contributed by atoms with Gasteiger partial charge in [-0.05, 0) is 42.5 Å². The van der Waals surface area contributed by atoms with Gasteiger partial charge < -0.3 is 15.2 Å². The van der Waals surface area contributed by atoms with Crippen molar-refractivity contribution in [1.82, 2.24) is 5.32 Å². The molecule has 0 amide bonds. The van der Waals surface area contributed by atoms with Crippen molar-refractivity contribution in [2.75, 3.05) is 24.7 Å². The average Bonchev–Trinajstić information content (AvgIpc) is 2.44. The number of aliphatic hydroxyl groups is 1. The topological polar surface area (TPSA) is 41.5 Å². The van der Waals surface area contributed by atoms with E-state index in [1.807, 2.05) is 36.0 Å². The van der Waals surface area contributed by atoms with Crippen LogP contribution in [0.3, 0.4) is 0 Å². The number of halogens is 1. The van der Waals surface area contributed by atoms with Crippen molar-refractivity contribution in [2.24, 2.45) is 0 Å². The van der Waals surface area contributed by atoms with Crippen molar-refractivity contribution < 1.29 is 9.84 Å². The monoisotopic (exact) mass is 345 g/mol. The zero-order valence-electron chi connectivity index (χ0n) is 10.8. The predicted octanol–water partition coefficient (Wildman–Crippen LogP) is 2.67. The molecule has 0 spiro atoms. The van der Waals surface area contributed by atoms with E-state index in [1.165, 1.54) is 24.3 Å². The van der Waals surface area contributed by atoms with Crippen LogP contribution in [0.25, 0.3) is 0 Å². The van der Waals surface area contributed by atoms with Crippen LogP contribution in [0, 0.1) is 0 Å². The number of aliphatic hydroxyl groups excluding tert-OH is 1. The van der Waals surface area contributed by atoms with Gasteiger partial charge in [0.05, 0.1) is 0 Å². The number of hydrogen-bond acceptors (Lipinski definition) is 4. The molecule has 3 nitrogen and oxygen atoms in total.